The second-order valence-electron chi connectivity index (χ2n) is 8.37. The van der Waals surface area contributed by atoms with Gasteiger partial charge in [-0.2, -0.15) is 0 Å². The third kappa shape index (κ3) is 10.3. The van der Waals surface area contributed by atoms with Gasteiger partial charge in [-0.15, -0.1) is 0 Å². The van der Waals surface area contributed by atoms with Gasteiger partial charge in [-0.05, 0) is 53.6 Å². The van der Waals surface area contributed by atoms with E-state index in [0.29, 0.717) is 24.5 Å². The minimum atomic E-state index is -3.82. The molecule has 1 N–H and O–H groups in total. The molecule has 0 fully saturated rings. The van der Waals surface area contributed by atoms with Gasteiger partial charge in [0.25, 0.3) is 0 Å². The Labute approximate surface area is 217 Å². The molecule has 9 nitrogen and oxygen atoms in total. The van der Waals surface area contributed by atoms with Crippen molar-refractivity contribution in [3.05, 3.63) is 112 Å². The zero-order valence-corrected chi connectivity index (χ0v) is 21.2. The Balaban J connectivity index is 1.64. The topological polar surface area (TPSA) is 130 Å². The Morgan fingerprint density at radius 1 is 0.892 bits per heavy atom. The Hall–Kier alpha value is -3.85. The molecule has 0 amide bonds. The van der Waals surface area contributed by atoms with Crippen LogP contribution in [0.3, 0.4) is 0 Å². The van der Waals surface area contributed by atoms with Crippen LogP contribution in [0.1, 0.15) is 29.5 Å². The van der Waals surface area contributed by atoms with Gasteiger partial charge in [0.15, 0.2) is 0 Å². The molecular formula is C27H30N4O5S. The minimum absolute atomic E-state index is 0.0447. The van der Waals surface area contributed by atoms with Crippen molar-refractivity contribution in [2.24, 2.45) is 5.11 Å². The molecule has 0 saturated carbocycles. The third-order valence-corrected chi connectivity index (χ3v) is 6.73. The first-order chi connectivity index (χ1) is 17.9. The highest BCUT2D eigenvalue weighted by molar-refractivity contribution is 7.88. The van der Waals surface area contributed by atoms with Crippen LogP contribution in [0.15, 0.2) is 90.0 Å². The average molecular weight is 523 g/mol. The molecule has 10 heteroatoms. The first-order valence-electron chi connectivity index (χ1n) is 11.9. The van der Waals surface area contributed by atoms with Crippen molar-refractivity contribution in [2.45, 2.75) is 37.7 Å². The van der Waals surface area contributed by atoms with E-state index >= 15 is 0 Å². The summed E-state index contributed by atoms with van der Waals surface area (Å²) in [5.41, 5.74) is 10.5. The Kier molecular flexibility index (Phi) is 11.0. The molecule has 194 valence electrons. The Morgan fingerprint density at radius 2 is 1.54 bits per heavy atom. The number of unbranched alkanes of at least 4 members (excludes halogenated alkanes) is 1. The van der Waals surface area contributed by atoms with Crippen LogP contribution in [0, 0.1) is 0 Å². The van der Waals surface area contributed by atoms with Crippen LogP contribution < -0.4 is 9.46 Å². The van der Waals surface area contributed by atoms with Gasteiger partial charge in [0.2, 0.25) is 10.0 Å². The van der Waals surface area contributed by atoms with Crippen LogP contribution in [-0.4, -0.2) is 33.6 Å². The summed E-state index contributed by atoms with van der Waals surface area (Å²) in [6.07, 6.45) is 1.60. The molecule has 3 rings (SSSR count). The van der Waals surface area contributed by atoms with Crippen molar-refractivity contribution >= 4 is 16.0 Å². The van der Waals surface area contributed by atoms with Crippen molar-refractivity contribution in [1.82, 2.24) is 4.72 Å². The number of hydrogen-bond acceptors (Lipinski definition) is 6. The van der Waals surface area contributed by atoms with Crippen molar-refractivity contribution < 1.29 is 22.7 Å². The highest BCUT2D eigenvalue weighted by Gasteiger charge is 2.26. The van der Waals surface area contributed by atoms with E-state index in [9.17, 15) is 13.2 Å². The van der Waals surface area contributed by atoms with E-state index in [1.807, 2.05) is 36.4 Å². The van der Waals surface area contributed by atoms with Crippen molar-refractivity contribution in [1.29, 1.82) is 0 Å². The lowest BCUT2D eigenvalue weighted by Crippen LogP contribution is -2.43. The zero-order valence-electron chi connectivity index (χ0n) is 20.4. The predicted molar refractivity (Wildman–Crippen MR) is 141 cm³/mol. The van der Waals surface area contributed by atoms with Crippen LogP contribution in [0.25, 0.3) is 10.4 Å². The fourth-order valence-corrected chi connectivity index (χ4v) is 4.86. The van der Waals surface area contributed by atoms with E-state index in [1.54, 1.807) is 48.5 Å². The van der Waals surface area contributed by atoms with Crippen LogP contribution >= 0.6 is 0 Å². The lowest BCUT2D eigenvalue weighted by molar-refractivity contribution is -0.147. The number of nitrogens with zero attached hydrogens (tertiary/aromatic N) is 3. The van der Waals surface area contributed by atoms with E-state index < -0.39 is 22.0 Å². The molecule has 37 heavy (non-hydrogen) atoms. The average Bonchev–Trinajstić information content (AvgIpc) is 2.90. The van der Waals surface area contributed by atoms with Gasteiger partial charge in [-0.3, -0.25) is 4.79 Å². The number of rotatable bonds is 15. The first-order valence-corrected chi connectivity index (χ1v) is 13.6. The van der Waals surface area contributed by atoms with E-state index in [4.69, 9.17) is 15.0 Å². The molecule has 0 radical (unpaired) electrons. The van der Waals surface area contributed by atoms with Gasteiger partial charge in [-0.25, -0.2) is 13.1 Å². The molecule has 3 aromatic rings. The molecule has 0 aromatic heterocycles. The number of carbonyl (C=O) groups is 1. The van der Waals surface area contributed by atoms with E-state index in [0.717, 1.165) is 24.0 Å². The second-order valence-corrected chi connectivity index (χ2v) is 10.1. The molecule has 0 saturated heterocycles. The summed E-state index contributed by atoms with van der Waals surface area (Å²) in [6, 6.07) is 24.0. The lowest BCUT2D eigenvalue weighted by Gasteiger charge is -2.18. The highest BCUT2D eigenvalue weighted by Crippen LogP contribution is 2.16. The summed E-state index contributed by atoms with van der Waals surface area (Å²) in [7, 11) is -3.82. The molecule has 0 spiro atoms. The molecule has 0 aliphatic carbocycles. The fraction of sp³-hybridized carbons (Fsp3) is 0.296. The third-order valence-electron chi connectivity index (χ3n) is 5.38. The molecule has 0 aliphatic heterocycles. The van der Waals surface area contributed by atoms with Crippen LogP contribution in [-0.2, 0) is 38.3 Å². The van der Waals surface area contributed by atoms with Crippen LogP contribution in [0.4, 0.5) is 0 Å². The van der Waals surface area contributed by atoms with Gasteiger partial charge >= 0.3 is 5.97 Å². The SMILES string of the molecule is [N-]=[N+]=NCCCCOc1ccc(C[C@H](NS(=O)(=O)Cc2ccccc2)C(=O)OCc2ccccc2)cc1. The number of sulfonamides is 1. The van der Waals surface area contributed by atoms with Gasteiger partial charge in [0.05, 0.1) is 12.4 Å². The smallest absolute Gasteiger partial charge is 0.324 e. The van der Waals surface area contributed by atoms with Gasteiger partial charge in [-0.1, -0.05) is 77.9 Å². The monoisotopic (exact) mass is 522 g/mol. The maximum atomic E-state index is 13.0. The van der Waals surface area contributed by atoms with Gasteiger partial charge in [0, 0.05) is 11.5 Å². The number of carbonyl (C=O) groups excluding carboxylic acids is 1. The number of benzene rings is 3. The summed E-state index contributed by atoms with van der Waals surface area (Å²) in [4.78, 5) is 15.7. The number of azide groups is 1. The van der Waals surface area contributed by atoms with Crippen LogP contribution in [0.5, 0.6) is 5.75 Å². The number of ether oxygens (including phenoxy) is 2. The van der Waals surface area contributed by atoms with E-state index in [2.05, 4.69) is 14.7 Å². The van der Waals surface area contributed by atoms with Crippen molar-refractivity contribution in [3.8, 4) is 5.75 Å². The molecule has 0 unspecified atom stereocenters. The highest BCUT2D eigenvalue weighted by atomic mass is 32.2. The number of esters is 1. The molecular weight excluding hydrogens is 492 g/mol. The maximum absolute atomic E-state index is 13.0. The van der Waals surface area contributed by atoms with Crippen LogP contribution in [0.2, 0.25) is 0 Å². The van der Waals surface area contributed by atoms with E-state index in [-0.39, 0.29) is 18.8 Å². The van der Waals surface area contributed by atoms with Crippen molar-refractivity contribution in [2.75, 3.05) is 13.2 Å². The maximum Gasteiger partial charge on any atom is 0.324 e. The predicted octanol–water partition coefficient (Wildman–Crippen LogP) is 4.93. The number of hydrogen-bond donors (Lipinski definition) is 1. The molecule has 0 heterocycles. The first kappa shape index (κ1) is 27.7. The molecule has 0 bridgehead atoms. The van der Waals surface area contributed by atoms with Crippen molar-refractivity contribution in [3.63, 3.8) is 0 Å². The summed E-state index contributed by atoms with van der Waals surface area (Å²) in [5.74, 6) is -0.246. The standard InChI is InChI=1S/C27H30N4O5S/c28-31-29-17-7-8-18-35-25-15-13-22(14-16-25)19-26(27(32)36-20-23-9-3-1-4-10-23)30-37(33,34)21-24-11-5-2-6-12-24/h1-6,9-16,26,30H,7-8,17-21H2/t26-/m0/s1. The molecule has 3 aromatic carbocycles. The largest absolute Gasteiger partial charge is 0.494 e. The minimum Gasteiger partial charge on any atom is -0.494 e. The Bertz CT molecular complexity index is 1260. The summed E-state index contributed by atoms with van der Waals surface area (Å²) in [5, 5.41) is 3.49. The Morgan fingerprint density at radius 3 is 2.19 bits per heavy atom. The zero-order chi connectivity index (χ0) is 26.3. The summed E-state index contributed by atoms with van der Waals surface area (Å²) < 4.78 is 39.4. The van der Waals surface area contributed by atoms with E-state index in [1.165, 1.54) is 0 Å². The quantitative estimate of drug-likeness (QED) is 0.0994. The normalized spacial score (nSPS) is 11.8. The summed E-state index contributed by atoms with van der Waals surface area (Å²) in [6.45, 7) is 0.956. The van der Waals surface area contributed by atoms with Gasteiger partial charge < -0.3 is 9.47 Å². The number of nitrogens with one attached hydrogen (secondary N) is 1. The fourth-order valence-electron chi connectivity index (χ4n) is 3.53. The molecule has 1 atom stereocenters. The second kappa shape index (κ2) is 14.6. The lowest BCUT2D eigenvalue weighted by atomic mass is 10.1. The van der Waals surface area contributed by atoms with Gasteiger partial charge in [0.1, 0.15) is 18.4 Å². The summed E-state index contributed by atoms with van der Waals surface area (Å²) >= 11 is 0. The molecule has 0 aliphatic rings.